The summed E-state index contributed by atoms with van der Waals surface area (Å²) < 4.78 is 37.9. The van der Waals surface area contributed by atoms with Gasteiger partial charge in [0, 0.05) is 42.5 Å². The van der Waals surface area contributed by atoms with Gasteiger partial charge < -0.3 is 20.4 Å². The van der Waals surface area contributed by atoms with Crippen molar-refractivity contribution in [1.82, 2.24) is 9.88 Å². The van der Waals surface area contributed by atoms with Crippen LogP contribution in [-0.2, 0) is 6.18 Å². The molecule has 0 aliphatic carbocycles. The van der Waals surface area contributed by atoms with Gasteiger partial charge in [0.1, 0.15) is 5.82 Å². The first-order chi connectivity index (χ1) is 16.7. The van der Waals surface area contributed by atoms with Crippen LogP contribution < -0.4 is 15.5 Å². The maximum Gasteiger partial charge on any atom is 0.416 e. The number of pyridine rings is 1. The van der Waals surface area contributed by atoms with Crippen molar-refractivity contribution < 1.29 is 22.8 Å². The first-order valence-corrected chi connectivity index (χ1v) is 11.1. The molecule has 1 aliphatic rings. The van der Waals surface area contributed by atoms with Crippen molar-refractivity contribution in [2.75, 3.05) is 41.7 Å². The molecule has 0 bridgehead atoms. The molecule has 182 valence electrons. The SMILES string of the molecule is O=C(Nc1ccc(C(F)(F)F)cc1)Nc1ccc(N2CCN(C(=O)c3cccc(Cl)c3)CC2)nc1. The lowest BCUT2D eigenvalue weighted by molar-refractivity contribution is -0.137. The number of piperazine rings is 1. The van der Waals surface area contributed by atoms with Gasteiger partial charge in [-0.15, -0.1) is 0 Å². The zero-order valence-electron chi connectivity index (χ0n) is 18.3. The van der Waals surface area contributed by atoms with Crippen molar-refractivity contribution in [3.63, 3.8) is 0 Å². The first-order valence-electron chi connectivity index (χ1n) is 10.7. The van der Waals surface area contributed by atoms with Gasteiger partial charge in [-0.3, -0.25) is 4.79 Å². The molecule has 1 aromatic heterocycles. The number of anilines is 3. The Morgan fingerprint density at radius 1 is 0.886 bits per heavy atom. The Morgan fingerprint density at radius 3 is 2.14 bits per heavy atom. The summed E-state index contributed by atoms with van der Waals surface area (Å²) in [4.78, 5) is 33.0. The van der Waals surface area contributed by atoms with Crippen LogP contribution in [0.1, 0.15) is 15.9 Å². The molecule has 3 amide bonds. The predicted octanol–water partition coefficient (Wildman–Crippen LogP) is 5.36. The molecule has 1 aliphatic heterocycles. The van der Waals surface area contributed by atoms with Crippen molar-refractivity contribution in [2.45, 2.75) is 6.18 Å². The number of nitrogens with one attached hydrogen (secondary N) is 2. The van der Waals surface area contributed by atoms with E-state index < -0.39 is 17.8 Å². The Kier molecular flexibility index (Phi) is 7.11. The van der Waals surface area contributed by atoms with Gasteiger partial charge >= 0.3 is 12.2 Å². The molecule has 35 heavy (non-hydrogen) atoms. The van der Waals surface area contributed by atoms with Crippen LogP contribution in [0, 0.1) is 0 Å². The van der Waals surface area contributed by atoms with Gasteiger partial charge in [0.2, 0.25) is 0 Å². The molecule has 4 rings (SSSR count). The third kappa shape index (κ3) is 6.21. The summed E-state index contributed by atoms with van der Waals surface area (Å²) in [6, 6.07) is 13.8. The largest absolute Gasteiger partial charge is 0.416 e. The van der Waals surface area contributed by atoms with Crippen LogP contribution >= 0.6 is 11.6 Å². The third-order valence-corrected chi connectivity index (χ3v) is 5.67. The van der Waals surface area contributed by atoms with Gasteiger partial charge in [-0.1, -0.05) is 17.7 Å². The van der Waals surface area contributed by atoms with Crippen LogP contribution in [0.2, 0.25) is 5.02 Å². The summed E-state index contributed by atoms with van der Waals surface area (Å²) in [6.07, 6.45) is -2.95. The van der Waals surface area contributed by atoms with Gasteiger partial charge in [-0.05, 0) is 54.6 Å². The topological polar surface area (TPSA) is 77.6 Å². The van der Waals surface area contributed by atoms with E-state index in [0.717, 1.165) is 12.1 Å². The molecular weight excluding hydrogens is 483 g/mol. The Balaban J connectivity index is 1.28. The number of alkyl halides is 3. The number of nitrogens with zero attached hydrogens (tertiary/aromatic N) is 3. The lowest BCUT2D eigenvalue weighted by atomic mass is 10.2. The first kappa shape index (κ1) is 24.3. The highest BCUT2D eigenvalue weighted by atomic mass is 35.5. The normalized spacial score (nSPS) is 13.9. The quantitative estimate of drug-likeness (QED) is 0.502. The van der Waals surface area contributed by atoms with Gasteiger partial charge in [0.25, 0.3) is 5.91 Å². The average Bonchev–Trinajstić information content (AvgIpc) is 2.84. The number of rotatable bonds is 4. The maximum atomic E-state index is 12.7. The molecule has 0 unspecified atom stereocenters. The lowest BCUT2D eigenvalue weighted by Crippen LogP contribution is -2.49. The molecule has 3 aromatic rings. The number of carbonyl (C=O) groups is 2. The summed E-state index contributed by atoms with van der Waals surface area (Å²) in [5.41, 5.74) is 0.408. The summed E-state index contributed by atoms with van der Waals surface area (Å²) in [6.45, 7) is 2.26. The van der Waals surface area contributed by atoms with E-state index in [-0.39, 0.29) is 11.6 Å². The van der Waals surface area contributed by atoms with Crippen LogP contribution in [0.3, 0.4) is 0 Å². The number of halogens is 4. The van der Waals surface area contributed by atoms with Gasteiger partial charge in [0.15, 0.2) is 0 Å². The zero-order valence-corrected chi connectivity index (χ0v) is 19.1. The van der Waals surface area contributed by atoms with E-state index in [1.165, 1.54) is 18.3 Å². The van der Waals surface area contributed by atoms with E-state index in [2.05, 4.69) is 15.6 Å². The number of aromatic nitrogens is 1. The molecule has 0 spiro atoms. The van der Waals surface area contributed by atoms with Crippen LogP contribution in [0.25, 0.3) is 0 Å². The fourth-order valence-electron chi connectivity index (χ4n) is 3.63. The fourth-order valence-corrected chi connectivity index (χ4v) is 3.82. The Bertz CT molecular complexity index is 1200. The molecule has 0 atom stereocenters. The van der Waals surface area contributed by atoms with E-state index in [0.29, 0.717) is 48.3 Å². The molecular formula is C24H21ClF3N5O2. The maximum absolute atomic E-state index is 12.7. The van der Waals surface area contributed by atoms with Gasteiger partial charge in [-0.2, -0.15) is 13.2 Å². The second-order valence-electron chi connectivity index (χ2n) is 7.85. The lowest BCUT2D eigenvalue weighted by Gasteiger charge is -2.35. The predicted molar refractivity (Wildman–Crippen MR) is 128 cm³/mol. The van der Waals surface area contributed by atoms with Crippen LogP contribution in [0.5, 0.6) is 0 Å². The monoisotopic (exact) mass is 503 g/mol. The number of amides is 3. The Morgan fingerprint density at radius 2 is 1.54 bits per heavy atom. The van der Waals surface area contributed by atoms with E-state index in [9.17, 15) is 22.8 Å². The number of carbonyl (C=O) groups excluding carboxylic acids is 2. The number of urea groups is 1. The smallest absolute Gasteiger partial charge is 0.353 e. The van der Waals surface area contributed by atoms with Crippen molar-refractivity contribution >= 4 is 40.7 Å². The summed E-state index contributed by atoms with van der Waals surface area (Å²) in [7, 11) is 0. The highest BCUT2D eigenvalue weighted by Crippen LogP contribution is 2.29. The molecule has 0 saturated carbocycles. The molecule has 2 heterocycles. The van der Waals surface area contributed by atoms with Crippen molar-refractivity contribution in [3.8, 4) is 0 Å². The highest BCUT2D eigenvalue weighted by molar-refractivity contribution is 6.30. The van der Waals surface area contributed by atoms with E-state index >= 15 is 0 Å². The van der Waals surface area contributed by atoms with Crippen molar-refractivity contribution in [2.24, 2.45) is 0 Å². The minimum Gasteiger partial charge on any atom is -0.353 e. The second-order valence-corrected chi connectivity index (χ2v) is 8.29. The minimum atomic E-state index is -4.44. The molecule has 7 nitrogen and oxygen atoms in total. The van der Waals surface area contributed by atoms with Gasteiger partial charge in [0.05, 0.1) is 17.4 Å². The average molecular weight is 504 g/mol. The Hall–Kier alpha value is -3.79. The molecule has 1 fully saturated rings. The van der Waals surface area contributed by atoms with Crippen LogP contribution in [0.4, 0.5) is 35.2 Å². The summed E-state index contributed by atoms with van der Waals surface area (Å²) in [5.74, 6) is 0.632. The van der Waals surface area contributed by atoms with Crippen LogP contribution in [0.15, 0.2) is 66.9 Å². The van der Waals surface area contributed by atoms with Gasteiger partial charge in [-0.25, -0.2) is 9.78 Å². The standard InChI is InChI=1S/C24H21ClF3N5O2/c25-18-3-1-2-16(14-18)22(34)33-12-10-32(11-13-33)21-9-8-20(15-29-21)31-23(35)30-19-6-4-17(5-7-19)24(26,27)28/h1-9,14-15H,10-13H2,(H2,30,31,35). The fraction of sp³-hybridized carbons (Fsp3) is 0.208. The van der Waals surface area contributed by atoms with Crippen molar-refractivity contribution in [3.05, 3.63) is 83.0 Å². The number of hydrogen-bond donors (Lipinski definition) is 2. The molecule has 1 saturated heterocycles. The van der Waals surface area contributed by atoms with E-state index in [1.807, 2.05) is 4.90 Å². The molecule has 11 heteroatoms. The number of hydrogen-bond acceptors (Lipinski definition) is 4. The zero-order chi connectivity index (χ0) is 25.0. The summed E-state index contributed by atoms with van der Waals surface area (Å²) in [5, 5.41) is 5.59. The van der Waals surface area contributed by atoms with E-state index in [1.54, 1.807) is 41.3 Å². The highest BCUT2D eigenvalue weighted by Gasteiger charge is 2.30. The van der Waals surface area contributed by atoms with Crippen molar-refractivity contribution in [1.29, 1.82) is 0 Å². The van der Waals surface area contributed by atoms with E-state index in [4.69, 9.17) is 11.6 Å². The molecule has 2 aromatic carbocycles. The second kappa shape index (κ2) is 10.2. The summed E-state index contributed by atoms with van der Waals surface area (Å²) >= 11 is 5.98. The third-order valence-electron chi connectivity index (χ3n) is 5.44. The molecule has 0 radical (unpaired) electrons. The van der Waals surface area contributed by atoms with Crippen LogP contribution in [-0.4, -0.2) is 48.0 Å². The number of benzene rings is 2. The Labute approximate surface area is 204 Å². The molecule has 2 N–H and O–H groups in total. The minimum absolute atomic E-state index is 0.0706.